The quantitative estimate of drug-likeness (QED) is 0.788. The highest BCUT2D eigenvalue weighted by atomic mass is 35.5. The van der Waals surface area contributed by atoms with Crippen molar-refractivity contribution in [2.75, 3.05) is 20.8 Å². The van der Waals surface area contributed by atoms with Crippen molar-refractivity contribution in [2.45, 2.75) is 19.2 Å². The van der Waals surface area contributed by atoms with Crippen LogP contribution in [-0.2, 0) is 27.4 Å². The highest BCUT2D eigenvalue weighted by Gasteiger charge is 2.12. The molecule has 7 heteroatoms. The van der Waals surface area contributed by atoms with E-state index in [9.17, 15) is 9.18 Å². The van der Waals surface area contributed by atoms with Crippen LogP contribution in [0.3, 0.4) is 0 Å². The van der Waals surface area contributed by atoms with Gasteiger partial charge in [0, 0.05) is 26.3 Å². The molecule has 0 aromatic heterocycles. The summed E-state index contributed by atoms with van der Waals surface area (Å²) in [7, 11) is 2.97. The maximum Gasteiger partial charge on any atom is 0.239 e. The Hall–Kier alpha value is -1.21. The second-order valence-corrected chi connectivity index (χ2v) is 4.14. The monoisotopic (exact) mass is 306 g/mol. The van der Waals surface area contributed by atoms with Gasteiger partial charge in [0.2, 0.25) is 5.91 Å². The second kappa shape index (κ2) is 9.66. The largest absolute Gasteiger partial charge is 0.383 e. The zero-order valence-electron chi connectivity index (χ0n) is 11.5. The summed E-state index contributed by atoms with van der Waals surface area (Å²) in [4.78, 5) is 11.6. The number of amides is 1. The van der Waals surface area contributed by atoms with Crippen LogP contribution in [0.15, 0.2) is 18.2 Å². The first-order valence-corrected chi connectivity index (χ1v) is 5.87. The molecule has 0 saturated carbocycles. The summed E-state index contributed by atoms with van der Waals surface area (Å²) in [6.07, 6.45) is 0. The number of halogens is 2. The van der Waals surface area contributed by atoms with E-state index in [-0.39, 0.29) is 43.9 Å². The molecule has 0 aliphatic carbocycles. The minimum absolute atomic E-state index is 0. The van der Waals surface area contributed by atoms with Gasteiger partial charge in [0.05, 0.1) is 13.2 Å². The summed E-state index contributed by atoms with van der Waals surface area (Å²) in [5.41, 5.74) is 6.81. The Bertz CT molecular complexity index is 432. The van der Waals surface area contributed by atoms with Crippen LogP contribution < -0.4 is 11.1 Å². The molecule has 1 aromatic rings. The van der Waals surface area contributed by atoms with E-state index in [2.05, 4.69) is 5.32 Å². The molecule has 114 valence electrons. The van der Waals surface area contributed by atoms with Crippen molar-refractivity contribution >= 4 is 18.3 Å². The summed E-state index contributed by atoms with van der Waals surface area (Å²) < 4.78 is 23.1. The molecule has 1 unspecified atom stereocenters. The van der Waals surface area contributed by atoms with Crippen molar-refractivity contribution in [2.24, 2.45) is 5.73 Å². The van der Waals surface area contributed by atoms with E-state index in [1.165, 1.54) is 20.3 Å². The molecule has 0 radical (unpaired) electrons. The maximum absolute atomic E-state index is 13.4. The van der Waals surface area contributed by atoms with Gasteiger partial charge in [-0.1, -0.05) is 6.07 Å². The average molecular weight is 307 g/mol. The van der Waals surface area contributed by atoms with E-state index in [1.54, 1.807) is 12.1 Å². The van der Waals surface area contributed by atoms with Gasteiger partial charge in [0.15, 0.2) is 0 Å². The third-order valence-corrected chi connectivity index (χ3v) is 2.56. The molecule has 3 N–H and O–H groups in total. The van der Waals surface area contributed by atoms with Crippen LogP contribution >= 0.6 is 12.4 Å². The summed E-state index contributed by atoms with van der Waals surface area (Å²) in [5.74, 6) is -0.632. The number of benzene rings is 1. The highest BCUT2D eigenvalue weighted by molar-refractivity contribution is 5.85. The fraction of sp³-hybridized carbons (Fsp3) is 0.462. The molecule has 1 aromatic carbocycles. The molecule has 0 fully saturated rings. The third kappa shape index (κ3) is 5.83. The zero-order chi connectivity index (χ0) is 14.3. The first kappa shape index (κ1) is 18.8. The Morgan fingerprint density at radius 2 is 2.10 bits per heavy atom. The van der Waals surface area contributed by atoms with E-state index in [0.717, 1.165) is 5.56 Å². The Morgan fingerprint density at radius 1 is 1.40 bits per heavy atom. The Labute approximate surface area is 124 Å². The SMILES string of the molecule is COCc1cc(CNC(=O)C(N)COC)ccc1F.Cl. The number of nitrogens with two attached hydrogens (primary N) is 1. The van der Waals surface area contributed by atoms with Crippen LogP contribution in [0, 0.1) is 5.82 Å². The van der Waals surface area contributed by atoms with Crippen molar-refractivity contribution in [3.05, 3.63) is 35.1 Å². The standard InChI is InChI=1S/C13H19FN2O3.ClH/c1-18-7-10-5-9(3-4-11(10)14)6-16-13(17)12(15)8-19-2;/h3-5,12H,6-8,15H2,1-2H3,(H,16,17);1H. The van der Waals surface area contributed by atoms with Crippen molar-refractivity contribution in [1.82, 2.24) is 5.32 Å². The molecular formula is C13H20ClFN2O3. The summed E-state index contributed by atoms with van der Waals surface area (Å²) in [6.45, 7) is 0.633. The third-order valence-electron chi connectivity index (χ3n) is 2.56. The van der Waals surface area contributed by atoms with Crippen LogP contribution in [-0.4, -0.2) is 32.8 Å². The number of ether oxygens (including phenoxy) is 2. The lowest BCUT2D eigenvalue weighted by Crippen LogP contribution is -2.43. The van der Waals surface area contributed by atoms with Crippen molar-refractivity contribution < 1.29 is 18.7 Å². The van der Waals surface area contributed by atoms with Crippen LogP contribution in [0.25, 0.3) is 0 Å². The molecule has 1 rings (SSSR count). The number of hydrogen-bond acceptors (Lipinski definition) is 4. The zero-order valence-corrected chi connectivity index (χ0v) is 12.3. The normalized spacial score (nSPS) is 11.6. The first-order valence-electron chi connectivity index (χ1n) is 5.87. The van der Waals surface area contributed by atoms with E-state index >= 15 is 0 Å². The second-order valence-electron chi connectivity index (χ2n) is 4.14. The number of methoxy groups -OCH3 is 2. The Balaban J connectivity index is 0.00000361. The number of nitrogens with one attached hydrogen (secondary N) is 1. The van der Waals surface area contributed by atoms with Gasteiger partial charge >= 0.3 is 0 Å². The fourth-order valence-corrected chi connectivity index (χ4v) is 1.58. The lowest BCUT2D eigenvalue weighted by molar-refractivity contribution is -0.123. The molecule has 1 atom stereocenters. The van der Waals surface area contributed by atoms with Crippen molar-refractivity contribution in [3.8, 4) is 0 Å². The van der Waals surface area contributed by atoms with E-state index < -0.39 is 6.04 Å². The lowest BCUT2D eigenvalue weighted by Gasteiger charge is -2.12. The first-order chi connectivity index (χ1) is 9.08. The minimum Gasteiger partial charge on any atom is -0.383 e. The topological polar surface area (TPSA) is 73.6 Å². The summed E-state index contributed by atoms with van der Waals surface area (Å²) in [5, 5.41) is 2.67. The molecule has 0 spiro atoms. The van der Waals surface area contributed by atoms with E-state index in [0.29, 0.717) is 5.56 Å². The smallest absolute Gasteiger partial charge is 0.239 e. The molecule has 0 aliphatic rings. The Kier molecular flexibility index (Phi) is 9.07. The Morgan fingerprint density at radius 3 is 2.70 bits per heavy atom. The molecule has 20 heavy (non-hydrogen) atoms. The molecule has 5 nitrogen and oxygen atoms in total. The molecule has 0 aliphatic heterocycles. The fourth-order valence-electron chi connectivity index (χ4n) is 1.58. The molecule has 0 saturated heterocycles. The lowest BCUT2D eigenvalue weighted by atomic mass is 10.1. The average Bonchev–Trinajstić information content (AvgIpc) is 2.39. The van der Waals surface area contributed by atoms with Crippen LogP contribution in [0.5, 0.6) is 0 Å². The maximum atomic E-state index is 13.4. The predicted octanol–water partition coefficient (Wildman–Crippen LogP) is 0.984. The number of carbonyl (C=O) groups excluding carboxylic acids is 1. The van der Waals surface area contributed by atoms with Crippen LogP contribution in [0.2, 0.25) is 0 Å². The van der Waals surface area contributed by atoms with Gasteiger partial charge in [-0.25, -0.2) is 4.39 Å². The van der Waals surface area contributed by atoms with Gasteiger partial charge in [0.1, 0.15) is 11.9 Å². The van der Waals surface area contributed by atoms with E-state index in [1.807, 2.05) is 0 Å². The number of carbonyl (C=O) groups is 1. The van der Waals surface area contributed by atoms with Crippen LogP contribution in [0.1, 0.15) is 11.1 Å². The van der Waals surface area contributed by atoms with E-state index in [4.69, 9.17) is 15.2 Å². The van der Waals surface area contributed by atoms with Crippen LogP contribution in [0.4, 0.5) is 4.39 Å². The predicted molar refractivity (Wildman–Crippen MR) is 76.1 cm³/mol. The highest BCUT2D eigenvalue weighted by Crippen LogP contribution is 2.11. The van der Waals surface area contributed by atoms with Gasteiger partial charge < -0.3 is 20.5 Å². The molecule has 1 amide bonds. The van der Waals surface area contributed by atoms with Gasteiger partial charge in [-0.15, -0.1) is 12.4 Å². The van der Waals surface area contributed by atoms with Gasteiger partial charge in [-0.2, -0.15) is 0 Å². The number of hydrogen-bond donors (Lipinski definition) is 2. The van der Waals surface area contributed by atoms with Crippen molar-refractivity contribution in [1.29, 1.82) is 0 Å². The van der Waals surface area contributed by atoms with Gasteiger partial charge in [0.25, 0.3) is 0 Å². The van der Waals surface area contributed by atoms with Crippen molar-refractivity contribution in [3.63, 3.8) is 0 Å². The van der Waals surface area contributed by atoms with Gasteiger partial charge in [-0.05, 0) is 17.7 Å². The molecule has 0 heterocycles. The minimum atomic E-state index is -0.705. The summed E-state index contributed by atoms with van der Waals surface area (Å²) in [6, 6.07) is 3.91. The molecule has 0 bridgehead atoms. The molecular weight excluding hydrogens is 287 g/mol. The van der Waals surface area contributed by atoms with Gasteiger partial charge in [-0.3, -0.25) is 4.79 Å². The number of rotatable bonds is 7. The summed E-state index contributed by atoms with van der Waals surface area (Å²) >= 11 is 0.